The zero-order chi connectivity index (χ0) is 20.8. The number of piperazine rings is 1. The quantitative estimate of drug-likeness (QED) is 0.543. The Labute approximate surface area is 170 Å². The highest BCUT2D eigenvalue weighted by Gasteiger charge is 2.26. The van der Waals surface area contributed by atoms with Gasteiger partial charge >= 0.3 is 0 Å². The van der Waals surface area contributed by atoms with Crippen molar-refractivity contribution in [1.29, 1.82) is 0 Å². The van der Waals surface area contributed by atoms with Gasteiger partial charge in [0.2, 0.25) is 0 Å². The number of carbonyl (C=O) groups is 2. The summed E-state index contributed by atoms with van der Waals surface area (Å²) in [6.45, 7) is 7.95. The summed E-state index contributed by atoms with van der Waals surface area (Å²) in [6.07, 6.45) is 0. The van der Waals surface area contributed by atoms with Crippen molar-refractivity contribution < 1.29 is 23.8 Å². The summed E-state index contributed by atoms with van der Waals surface area (Å²) >= 11 is 0. The number of nitrogens with one attached hydrogen (secondary N) is 4. The van der Waals surface area contributed by atoms with Crippen LogP contribution >= 0.6 is 0 Å². The van der Waals surface area contributed by atoms with E-state index in [2.05, 4.69) is 10.6 Å². The smallest absolute Gasteiger partial charge is 0.279 e. The standard InChI is InChI=1S/C22H27FN4O2/c1-16-6-5-7-17(2)22(16)25-21(29)15-27-12-10-26(11-13-27)14-20(28)24-19-9-4-3-8-18(19)23/h3-9H,10-15H2,1-2H3,(H,24,28)(H,25,29)/p+2. The third kappa shape index (κ3) is 5.85. The SMILES string of the molecule is Cc1cccc(C)c1NC(=O)C[NH+]1CC[NH+](CC(=O)Nc2ccccc2F)CC1. The van der Waals surface area contributed by atoms with Crippen LogP contribution < -0.4 is 20.4 Å². The van der Waals surface area contributed by atoms with Crippen LogP contribution in [0.1, 0.15) is 11.1 Å². The zero-order valence-corrected chi connectivity index (χ0v) is 17.0. The molecule has 6 nitrogen and oxygen atoms in total. The van der Waals surface area contributed by atoms with Gasteiger partial charge in [0.15, 0.2) is 13.1 Å². The molecule has 3 rings (SSSR count). The molecule has 1 heterocycles. The van der Waals surface area contributed by atoms with E-state index in [9.17, 15) is 14.0 Å². The van der Waals surface area contributed by atoms with Gasteiger partial charge in [-0.3, -0.25) is 9.59 Å². The van der Waals surface area contributed by atoms with Crippen LogP contribution in [0.25, 0.3) is 0 Å². The van der Waals surface area contributed by atoms with E-state index in [0.717, 1.165) is 47.9 Å². The minimum absolute atomic E-state index is 0.0122. The first-order valence-electron chi connectivity index (χ1n) is 10.00. The second-order valence-electron chi connectivity index (χ2n) is 7.70. The maximum absolute atomic E-state index is 13.6. The topological polar surface area (TPSA) is 67.1 Å². The number of halogens is 1. The molecule has 29 heavy (non-hydrogen) atoms. The van der Waals surface area contributed by atoms with Crippen molar-refractivity contribution in [3.05, 3.63) is 59.4 Å². The minimum Gasteiger partial charge on any atom is -0.321 e. The van der Waals surface area contributed by atoms with Crippen LogP contribution in [0.3, 0.4) is 0 Å². The van der Waals surface area contributed by atoms with Gasteiger partial charge in [0.05, 0.1) is 5.69 Å². The molecule has 0 aliphatic carbocycles. The van der Waals surface area contributed by atoms with Crippen LogP contribution in [0.4, 0.5) is 15.8 Å². The maximum atomic E-state index is 13.6. The molecule has 0 radical (unpaired) electrons. The van der Waals surface area contributed by atoms with Gasteiger partial charge < -0.3 is 20.4 Å². The molecule has 2 aromatic rings. The summed E-state index contributed by atoms with van der Waals surface area (Å²) in [5.74, 6) is -0.612. The fourth-order valence-electron chi connectivity index (χ4n) is 3.72. The number of para-hydroxylation sites is 2. The highest BCUT2D eigenvalue weighted by atomic mass is 19.1. The van der Waals surface area contributed by atoms with Gasteiger partial charge in [0, 0.05) is 5.69 Å². The zero-order valence-electron chi connectivity index (χ0n) is 17.0. The first-order chi connectivity index (χ1) is 13.9. The van der Waals surface area contributed by atoms with Gasteiger partial charge in [-0.15, -0.1) is 0 Å². The van der Waals surface area contributed by atoms with Crippen LogP contribution in [0, 0.1) is 19.7 Å². The lowest BCUT2D eigenvalue weighted by Gasteiger charge is -2.29. The number of aryl methyl sites for hydroxylation is 2. The van der Waals surface area contributed by atoms with Crippen LogP contribution in [0.15, 0.2) is 42.5 Å². The molecule has 1 fully saturated rings. The number of amides is 2. The van der Waals surface area contributed by atoms with E-state index >= 15 is 0 Å². The predicted octanol–water partition coefficient (Wildman–Crippen LogP) is -0.197. The third-order valence-corrected chi connectivity index (χ3v) is 5.38. The van der Waals surface area contributed by atoms with Crippen molar-refractivity contribution in [2.75, 3.05) is 49.9 Å². The molecule has 4 N–H and O–H groups in total. The monoisotopic (exact) mass is 400 g/mol. The van der Waals surface area contributed by atoms with E-state index in [1.54, 1.807) is 18.2 Å². The summed E-state index contributed by atoms with van der Waals surface area (Å²) in [6, 6.07) is 12.1. The van der Waals surface area contributed by atoms with Gasteiger partial charge in [-0.1, -0.05) is 30.3 Å². The molecule has 0 unspecified atom stereocenters. The first kappa shape index (κ1) is 21.0. The Balaban J connectivity index is 1.42. The minimum atomic E-state index is -0.431. The first-order valence-corrected chi connectivity index (χ1v) is 10.00. The molecular weight excluding hydrogens is 371 g/mol. The third-order valence-electron chi connectivity index (χ3n) is 5.38. The molecule has 0 atom stereocenters. The van der Waals surface area contributed by atoms with Crippen molar-refractivity contribution in [3.63, 3.8) is 0 Å². The largest absolute Gasteiger partial charge is 0.321 e. The Morgan fingerprint density at radius 2 is 1.34 bits per heavy atom. The van der Waals surface area contributed by atoms with Gasteiger partial charge in [-0.25, -0.2) is 4.39 Å². The molecule has 1 aliphatic rings. The summed E-state index contributed by atoms with van der Waals surface area (Å²) < 4.78 is 13.6. The molecule has 1 aliphatic heterocycles. The lowest BCUT2D eigenvalue weighted by Crippen LogP contribution is -3.28. The molecule has 1 saturated heterocycles. The Bertz CT molecular complexity index is 859. The van der Waals surface area contributed by atoms with Crippen molar-refractivity contribution in [3.8, 4) is 0 Å². The number of carbonyl (C=O) groups excluding carboxylic acids is 2. The fourth-order valence-corrected chi connectivity index (χ4v) is 3.72. The second kappa shape index (κ2) is 9.62. The average Bonchev–Trinajstić information content (AvgIpc) is 2.68. The van der Waals surface area contributed by atoms with E-state index in [-0.39, 0.29) is 17.5 Å². The van der Waals surface area contributed by atoms with E-state index in [1.165, 1.54) is 11.0 Å². The molecule has 0 spiro atoms. The predicted molar refractivity (Wildman–Crippen MR) is 111 cm³/mol. The number of quaternary nitrogens is 2. The number of anilines is 2. The van der Waals surface area contributed by atoms with E-state index < -0.39 is 5.82 Å². The van der Waals surface area contributed by atoms with Crippen molar-refractivity contribution in [2.24, 2.45) is 0 Å². The van der Waals surface area contributed by atoms with Crippen molar-refractivity contribution in [1.82, 2.24) is 0 Å². The Morgan fingerprint density at radius 3 is 1.90 bits per heavy atom. The number of hydrogen-bond donors (Lipinski definition) is 4. The van der Waals surface area contributed by atoms with Crippen LogP contribution in [0.5, 0.6) is 0 Å². The fraction of sp³-hybridized carbons (Fsp3) is 0.364. The van der Waals surface area contributed by atoms with Crippen molar-refractivity contribution in [2.45, 2.75) is 13.8 Å². The normalized spacial score (nSPS) is 18.9. The summed E-state index contributed by atoms with van der Waals surface area (Å²) in [7, 11) is 0. The number of rotatable bonds is 6. The molecule has 2 amide bonds. The molecule has 0 saturated carbocycles. The Hall–Kier alpha value is -2.77. The van der Waals surface area contributed by atoms with Crippen LogP contribution in [0.2, 0.25) is 0 Å². The van der Waals surface area contributed by atoms with Gasteiger partial charge in [0.25, 0.3) is 11.8 Å². The highest BCUT2D eigenvalue weighted by Crippen LogP contribution is 2.18. The van der Waals surface area contributed by atoms with E-state index in [4.69, 9.17) is 0 Å². The molecule has 0 aromatic heterocycles. The Kier molecular flexibility index (Phi) is 6.95. The lowest BCUT2D eigenvalue weighted by atomic mass is 10.1. The Morgan fingerprint density at radius 1 is 0.828 bits per heavy atom. The summed E-state index contributed by atoms with van der Waals surface area (Å²) in [5.41, 5.74) is 3.22. The van der Waals surface area contributed by atoms with Gasteiger partial charge in [0.1, 0.15) is 32.0 Å². The van der Waals surface area contributed by atoms with E-state index in [1.807, 2.05) is 32.0 Å². The van der Waals surface area contributed by atoms with Crippen LogP contribution in [-0.2, 0) is 9.59 Å². The van der Waals surface area contributed by atoms with Gasteiger partial charge in [-0.05, 0) is 37.1 Å². The highest BCUT2D eigenvalue weighted by molar-refractivity contribution is 5.93. The molecular formula is C22H29FN4O2+2. The summed E-state index contributed by atoms with van der Waals surface area (Å²) in [4.78, 5) is 27.0. The van der Waals surface area contributed by atoms with Crippen LogP contribution in [-0.4, -0.2) is 51.1 Å². The van der Waals surface area contributed by atoms with E-state index in [0.29, 0.717) is 13.1 Å². The molecule has 154 valence electrons. The average molecular weight is 400 g/mol. The van der Waals surface area contributed by atoms with Crippen molar-refractivity contribution >= 4 is 23.2 Å². The lowest BCUT2D eigenvalue weighted by molar-refractivity contribution is -1.00. The summed E-state index contributed by atoms with van der Waals surface area (Å²) in [5, 5.41) is 5.67. The molecule has 0 bridgehead atoms. The number of hydrogen-bond acceptors (Lipinski definition) is 2. The maximum Gasteiger partial charge on any atom is 0.279 e. The van der Waals surface area contributed by atoms with Gasteiger partial charge in [-0.2, -0.15) is 0 Å². The second-order valence-corrected chi connectivity index (χ2v) is 7.70. The molecule has 7 heteroatoms. The molecule has 2 aromatic carbocycles. The number of benzene rings is 2.